The highest BCUT2D eigenvalue weighted by molar-refractivity contribution is 5.75. The monoisotopic (exact) mass is 170 g/mol. The summed E-state index contributed by atoms with van der Waals surface area (Å²) in [5.41, 5.74) is 0. The van der Waals surface area contributed by atoms with Crippen molar-refractivity contribution in [2.24, 2.45) is 0 Å². The van der Waals surface area contributed by atoms with Crippen LogP contribution in [0.2, 0.25) is 0 Å². The molecule has 0 saturated heterocycles. The molecule has 0 bridgehead atoms. The van der Waals surface area contributed by atoms with Gasteiger partial charge in [0.2, 0.25) is 5.91 Å². The van der Waals surface area contributed by atoms with Crippen LogP contribution in [0.25, 0.3) is 0 Å². The van der Waals surface area contributed by atoms with Crippen LogP contribution < -0.4 is 10.6 Å². The second-order valence-electron chi connectivity index (χ2n) is 2.56. The average Bonchev–Trinajstić information content (AvgIpc) is 2.09. The third-order valence-electron chi connectivity index (χ3n) is 1.47. The largest absolute Gasteiger partial charge is 0.356 e. The summed E-state index contributed by atoms with van der Waals surface area (Å²) in [5.74, 6) is 0.119. The van der Waals surface area contributed by atoms with Gasteiger partial charge >= 0.3 is 0 Å². The third-order valence-corrected chi connectivity index (χ3v) is 1.47. The SMILES string of the molecule is C/C=C/CCNC(=O)CCNC. The molecule has 1 amide bonds. The van der Waals surface area contributed by atoms with E-state index >= 15 is 0 Å². The maximum Gasteiger partial charge on any atom is 0.221 e. The first-order valence-corrected chi connectivity index (χ1v) is 4.33. The molecule has 0 aliphatic rings. The predicted molar refractivity (Wildman–Crippen MR) is 51.0 cm³/mol. The second-order valence-corrected chi connectivity index (χ2v) is 2.56. The van der Waals surface area contributed by atoms with Gasteiger partial charge in [0.15, 0.2) is 0 Å². The topological polar surface area (TPSA) is 41.1 Å². The van der Waals surface area contributed by atoms with E-state index in [1.165, 1.54) is 0 Å². The molecule has 0 aliphatic carbocycles. The van der Waals surface area contributed by atoms with Crippen LogP contribution in [0.1, 0.15) is 19.8 Å². The second kappa shape index (κ2) is 8.27. The van der Waals surface area contributed by atoms with E-state index in [1.54, 1.807) is 0 Å². The molecule has 0 atom stereocenters. The van der Waals surface area contributed by atoms with Gasteiger partial charge in [-0.3, -0.25) is 4.79 Å². The Morgan fingerprint density at radius 3 is 2.75 bits per heavy atom. The molecule has 0 spiro atoms. The number of carbonyl (C=O) groups is 1. The van der Waals surface area contributed by atoms with Gasteiger partial charge in [0, 0.05) is 19.5 Å². The van der Waals surface area contributed by atoms with Crippen LogP contribution >= 0.6 is 0 Å². The summed E-state index contributed by atoms with van der Waals surface area (Å²) in [4.78, 5) is 11.0. The maximum absolute atomic E-state index is 11.0. The Morgan fingerprint density at radius 1 is 1.42 bits per heavy atom. The van der Waals surface area contributed by atoms with E-state index in [9.17, 15) is 4.79 Å². The van der Waals surface area contributed by atoms with E-state index in [-0.39, 0.29) is 5.91 Å². The molecule has 0 heterocycles. The molecule has 0 aromatic carbocycles. The molecule has 0 aromatic rings. The Balaban J connectivity index is 3.19. The van der Waals surface area contributed by atoms with Gasteiger partial charge in [0.25, 0.3) is 0 Å². The van der Waals surface area contributed by atoms with Crippen LogP contribution in [0.5, 0.6) is 0 Å². The summed E-state index contributed by atoms with van der Waals surface area (Å²) in [6.45, 7) is 3.46. The molecule has 3 nitrogen and oxygen atoms in total. The number of carbonyl (C=O) groups excluding carboxylic acids is 1. The van der Waals surface area contributed by atoms with Crippen molar-refractivity contribution in [3.63, 3.8) is 0 Å². The Morgan fingerprint density at radius 2 is 2.17 bits per heavy atom. The fourth-order valence-electron chi connectivity index (χ4n) is 0.789. The Hall–Kier alpha value is -0.830. The summed E-state index contributed by atoms with van der Waals surface area (Å²) >= 11 is 0. The van der Waals surface area contributed by atoms with E-state index in [0.29, 0.717) is 6.42 Å². The van der Waals surface area contributed by atoms with Crippen LogP contribution in [0.4, 0.5) is 0 Å². The standard InChI is InChI=1S/C9H18N2O/c1-3-4-5-7-11-9(12)6-8-10-2/h3-4,10H,5-8H2,1-2H3,(H,11,12)/b4-3+. The van der Waals surface area contributed by atoms with Gasteiger partial charge in [-0.15, -0.1) is 0 Å². The molecular formula is C9H18N2O. The van der Waals surface area contributed by atoms with Crippen LogP contribution in [-0.4, -0.2) is 26.0 Å². The lowest BCUT2D eigenvalue weighted by atomic mass is 10.3. The molecule has 0 radical (unpaired) electrons. The van der Waals surface area contributed by atoms with Crippen molar-refractivity contribution in [2.45, 2.75) is 19.8 Å². The van der Waals surface area contributed by atoms with E-state index in [2.05, 4.69) is 10.6 Å². The van der Waals surface area contributed by atoms with E-state index in [0.717, 1.165) is 19.5 Å². The fourth-order valence-corrected chi connectivity index (χ4v) is 0.789. The minimum atomic E-state index is 0.119. The van der Waals surface area contributed by atoms with Crippen LogP contribution in [-0.2, 0) is 4.79 Å². The number of hydrogen-bond donors (Lipinski definition) is 2. The zero-order valence-electron chi connectivity index (χ0n) is 7.89. The van der Waals surface area contributed by atoms with Gasteiger partial charge in [-0.2, -0.15) is 0 Å². The van der Waals surface area contributed by atoms with Crippen molar-refractivity contribution in [1.29, 1.82) is 0 Å². The molecule has 12 heavy (non-hydrogen) atoms. The molecule has 0 saturated carbocycles. The lowest BCUT2D eigenvalue weighted by Gasteiger charge is -2.01. The summed E-state index contributed by atoms with van der Waals surface area (Å²) in [7, 11) is 1.84. The molecule has 0 aliphatic heterocycles. The molecule has 0 aromatic heterocycles. The van der Waals surface area contributed by atoms with Gasteiger partial charge in [-0.05, 0) is 20.4 Å². The van der Waals surface area contributed by atoms with Crippen molar-refractivity contribution >= 4 is 5.91 Å². The molecular weight excluding hydrogens is 152 g/mol. The molecule has 2 N–H and O–H groups in total. The fraction of sp³-hybridized carbons (Fsp3) is 0.667. The highest BCUT2D eigenvalue weighted by Crippen LogP contribution is 1.81. The lowest BCUT2D eigenvalue weighted by molar-refractivity contribution is -0.120. The molecule has 0 fully saturated rings. The third kappa shape index (κ3) is 7.28. The zero-order chi connectivity index (χ0) is 9.23. The van der Waals surface area contributed by atoms with Gasteiger partial charge in [0.05, 0.1) is 0 Å². The van der Waals surface area contributed by atoms with Crippen molar-refractivity contribution in [3.8, 4) is 0 Å². The number of rotatable bonds is 6. The molecule has 3 heteroatoms. The highest BCUT2D eigenvalue weighted by atomic mass is 16.1. The summed E-state index contributed by atoms with van der Waals surface area (Å²) in [6.07, 6.45) is 5.51. The first kappa shape index (κ1) is 11.2. The van der Waals surface area contributed by atoms with E-state index < -0.39 is 0 Å². The smallest absolute Gasteiger partial charge is 0.221 e. The van der Waals surface area contributed by atoms with Crippen LogP contribution in [0.15, 0.2) is 12.2 Å². The number of amides is 1. The summed E-state index contributed by atoms with van der Waals surface area (Å²) in [6, 6.07) is 0. The first-order valence-electron chi connectivity index (χ1n) is 4.33. The number of hydrogen-bond acceptors (Lipinski definition) is 2. The van der Waals surface area contributed by atoms with Gasteiger partial charge in [-0.25, -0.2) is 0 Å². The van der Waals surface area contributed by atoms with Gasteiger partial charge < -0.3 is 10.6 Å². The Kier molecular flexibility index (Phi) is 7.70. The summed E-state index contributed by atoms with van der Waals surface area (Å²) < 4.78 is 0. The van der Waals surface area contributed by atoms with E-state index in [1.807, 2.05) is 26.1 Å². The van der Waals surface area contributed by atoms with Crippen molar-refractivity contribution in [1.82, 2.24) is 10.6 Å². The summed E-state index contributed by atoms with van der Waals surface area (Å²) in [5, 5.41) is 5.75. The van der Waals surface area contributed by atoms with Gasteiger partial charge in [0.1, 0.15) is 0 Å². The molecule has 0 unspecified atom stereocenters. The molecule has 0 rings (SSSR count). The van der Waals surface area contributed by atoms with Crippen LogP contribution in [0.3, 0.4) is 0 Å². The quantitative estimate of drug-likeness (QED) is 0.454. The predicted octanol–water partition coefficient (Wildman–Crippen LogP) is 0.678. The van der Waals surface area contributed by atoms with E-state index in [4.69, 9.17) is 0 Å². The van der Waals surface area contributed by atoms with Crippen LogP contribution in [0, 0.1) is 0 Å². The minimum absolute atomic E-state index is 0.119. The zero-order valence-corrected chi connectivity index (χ0v) is 7.89. The van der Waals surface area contributed by atoms with Crippen molar-refractivity contribution < 1.29 is 4.79 Å². The average molecular weight is 170 g/mol. The maximum atomic E-state index is 11.0. The lowest BCUT2D eigenvalue weighted by Crippen LogP contribution is -2.27. The number of nitrogens with one attached hydrogen (secondary N) is 2. The minimum Gasteiger partial charge on any atom is -0.356 e. The Bertz CT molecular complexity index is 143. The number of allylic oxidation sites excluding steroid dienone is 1. The van der Waals surface area contributed by atoms with Crippen molar-refractivity contribution in [2.75, 3.05) is 20.1 Å². The molecule has 70 valence electrons. The van der Waals surface area contributed by atoms with Gasteiger partial charge in [-0.1, -0.05) is 12.2 Å². The van der Waals surface area contributed by atoms with Crippen molar-refractivity contribution in [3.05, 3.63) is 12.2 Å². The highest BCUT2D eigenvalue weighted by Gasteiger charge is 1.96. The Labute approximate surface area is 74.2 Å². The first-order chi connectivity index (χ1) is 5.81. The normalized spacial score (nSPS) is 10.5.